The number of hydrogen-bond donors (Lipinski definition) is 1. The molecule has 1 amide bonds. The number of ether oxygens (including phenoxy) is 1. The summed E-state index contributed by atoms with van der Waals surface area (Å²) >= 11 is 0. The monoisotopic (exact) mass is 324 g/mol. The fraction of sp³-hybridized carbons (Fsp3) is 0.211. The van der Waals surface area contributed by atoms with Crippen LogP contribution in [0, 0.1) is 5.92 Å². The van der Waals surface area contributed by atoms with E-state index < -0.39 is 11.9 Å². The predicted octanol–water partition coefficient (Wildman–Crippen LogP) is 2.75. The van der Waals surface area contributed by atoms with E-state index in [2.05, 4.69) is 10.5 Å². The number of carbonyl (C=O) groups is 2. The zero-order chi connectivity index (χ0) is 17.4. The Bertz CT molecular complexity index is 668. The number of hydrazone groups is 1. The molecule has 1 N–H and O–H groups in total. The van der Waals surface area contributed by atoms with Gasteiger partial charge >= 0.3 is 5.97 Å². The van der Waals surface area contributed by atoms with Crippen molar-refractivity contribution in [2.45, 2.75) is 13.8 Å². The molecule has 0 radical (unpaired) electrons. The molecule has 0 unspecified atom stereocenters. The lowest BCUT2D eigenvalue weighted by molar-refractivity contribution is -0.151. The molecule has 0 aromatic heterocycles. The van der Waals surface area contributed by atoms with Gasteiger partial charge in [-0.3, -0.25) is 9.59 Å². The van der Waals surface area contributed by atoms with Crippen LogP contribution in [0.15, 0.2) is 65.8 Å². The Morgan fingerprint density at radius 2 is 1.46 bits per heavy atom. The second-order valence-corrected chi connectivity index (χ2v) is 5.49. The molecule has 124 valence electrons. The van der Waals surface area contributed by atoms with Gasteiger partial charge in [-0.2, -0.15) is 5.10 Å². The minimum Gasteiger partial charge on any atom is -0.455 e. The third-order valence-corrected chi connectivity index (χ3v) is 3.20. The molecule has 0 fully saturated rings. The average Bonchev–Trinajstić information content (AvgIpc) is 2.61. The number of nitrogens with zero attached hydrogens (tertiary/aromatic N) is 1. The van der Waals surface area contributed by atoms with Crippen LogP contribution in [0.1, 0.15) is 25.0 Å². The molecule has 2 aromatic rings. The van der Waals surface area contributed by atoms with Crippen LogP contribution in [0.5, 0.6) is 0 Å². The van der Waals surface area contributed by atoms with Crippen molar-refractivity contribution in [3.63, 3.8) is 0 Å². The standard InChI is InChI=1S/C19H20N2O3/c1-14(2)19(23)24-13-17(22)20-21-18(15-9-5-3-6-10-15)16-11-7-4-8-12-16/h3-12,14H,13H2,1-2H3,(H,20,22). The van der Waals surface area contributed by atoms with E-state index in [1.807, 2.05) is 60.7 Å². The molecule has 0 bridgehead atoms. The van der Waals surface area contributed by atoms with Crippen molar-refractivity contribution in [1.82, 2.24) is 5.43 Å². The molecule has 0 saturated carbocycles. The van der Waals surface area contributed by atoms with E-state index in [0.29, 0.717) is 5.71 Å². The molecule has 0 aliphatic rings. The normalized spacial score (nSPS) is 10.1. The molecule has 0 spiro atoms. The van der Waals surface area contributed by atoms with E-state index in [1.165, 1.54) is 0 Å². The zero-order valence-electron chi connectivity index (χ0n) is 13.7. The Balaban J connectivity index is 2.12. The molecule has 2 aromatic carbocycles. The molecule has 0 aliphatic heterocycles. The van der Waals surface area contributed by atoms with Crippen LogP contribution < -0.4 is 5.43 Å². The number of rotatable bonds is 6. The summed E-state index contributed by atoms with van der Waals surface area (Å²) in [6, 6.07) is 19.1. The zero-order valence-corrected chi connectivity index (χ0v) is 13.7. The molecule has 0 saturated heterocycles. The van der Waals surface area contributed by atoms with Gasteiger partial charge in [-0.25, -0.2) is 5.43 Å². The van der Waals surface area contributed by atoms with Crippen molar-refractivity contribution in [2.75, 3.05) is 6.61 Å². The number of hydrogen-bond acceptors (Lipinski definition) is 4. The first kappa shape index (κ1) is 17.4. The van der Waals surface area contributed by atoms with E-state index >= 15 is 0 Å². The van der Waals surface area contributed by atoms with E-state index in [0.717, 1.165) is 11.1 Å². The van der Waals surface area contributed by atoms with Gasteiger partial charge in [0.25, 0.3) is 5.91 Å². The Hall–Kier alpha value is -2.95. The van der Waals surface area contributed by atoms with Gasteiger partial charge in [0.15, 0.2) is 6.61 Å². The lowest BCUT2D eigenvalue weighted by atomic mass is 10.0. The molecule has 24 heavy (non-hydrogen) atoms. The Morgan fingerprint density at radius 1 is 0.958 bits per heavy atom. The summed E-state index contributed by atoms with van der Waals surface area (Å²) in [7, 11) is 0. The number of esters is 1. The summed E-state index contributed by atoms with van der Waals surface area (Å²) in [6.45, 7) is 3.07. The van der Waals surface area contributed by atoms with Crippen LogP contribution in [0.25, 0.3) is 0 Å². The van der Waals surface area contributed by atoms with Gasteiger partial charge in [-0.1, -0.05) is 74.5 Å². The lowest BCUT2D eigenvalue weighted by Gasteiger charge is -2.09. The first-order valence-electron chi connectivity index (χ1n) is 7.72. The van der Waals surface area contributed by atoms with Gasteiger partial charge in [0, 0.05) is 11.1 Å². The Labute approximate surface area is 141 Å². The van der Waals surface area contributed by atoms with Crippen molar-refractivity contribution in [3.05, 3.63) is 71.8 Å². The van der Waals surface area contributed by atoms with Gasteiger partial charge in [0.05, 0.1) is 11.6 Å². The Kier molecular flexibility index (Phi) is 6.25. The number of amides is 1. The Morgan fingerprint density at radius 3 is 1.92 bits per heavy atom. The quantitative estimate of drug-likeness (QED) is 0.505. The van der Waals surface area contributed by atoms with Crippen LogP contribution in [0.4, 0.5) is 0 Å². The smallest absolute Gasteiger partial charge is 0.308 e. The molecule has 0 atom stereocenters. The third kappa shape index (κ3) is 5.05. The highest BCUT2D eigenvalue weighted by molar-refractivity contribution is 6.13. The summed E-state index contributed by atoms with van der Waals surface area (Å²) in [4.78, 5) is 23.2. The second kappa shape index (κ2) is 8.62. The van der Waals surface area contributed by atoms with Crippen molar-refractivity contribution in [2.24, 2.45) is 11.0 Å². The van der Waals surface area contributed by atoms with Crippen LogP contribution in [0.2, 0.25) is 0 Å². The molecular weight excluding hydrogens is 304 g/mol. The molecule has 0 heterocycles. The molecule has 0 aliphatic carbocycles. The van der Waals surface area contributed by atoms with Crippen LogP contribution >= 0.6 is 0 Å². The lowest BCUT2D eigenvalue weighted by Crippen LogP contribution is -2.27. The van der Waals surface area contributed by atoms with Crippen LogP contribution in [0.3, 0.4) is 0 Å². The SMILES string of the molecule is CC(C)C(=O)OCC(=O)NN=C(c1ccccc1)c1ccccc1. The molecular formula is C19H20N2O3. The fourth-order valence-corrected chi connectivity index (χ4v) is 1.94. The second-order valence-electron chi connectivity index (χ2n) is 5.49. The van der Waals surface area contributed by atoms with Gasteiger partial charge in [-0.15, -0.1) is 0 Å². The van der Waals surface area contributed by atoms with E-state index in [9.17, 15) is 9.59 Å². The summed E-state index contributed by atoms with van der Waals surface area (Å²) in [6.07, 6.45) is 0. The highest BCUT2D eigenvalue weighted by Gasteiger charge is 2.12. The molecule has 5 nitrogen and oxygen atoms in total. The van der Waals surface area contributed by atoms with Crippen molar-refractivity contribution >= 4 is 17.6 Å². The van der Waals surface area contributed by atoms with Gasteiger partial charge in [0.1, 0.15) is 0 Å². The van der Waals surface area contributed by atoms with E-state index in [1.54, 1.807) is 13.8 Å². The summed E-state index contributed by atoms with van der Waals surface area (Å²) in [5, 5.41) is 4.21. The predicted molar refractivity (Wildman–Crippen MR) is 92.5 cm³/mol. The van der Waals surface area contributed by atoms with Crippen LogP contribution in [-0.2, 0) is 14.3 Å². The van der Waals surface area contributed by atoms with E-state index in [-0.39, 0.29) is 12.5 Å². The summed E-state index contributed by atoms with van der Waals surface area (Å²) in [5.41, 5.74) is 4.84. The van der Waals surface area contributed by atoms with Gasteiger partial charge in [-0.05, 0) is 0 Å². The number of nitrogens with one attached hydrogen (secondary N) is 1. The number of benzene rings is 2. The average molecular weight is 324 g/mol. The van der Waals surface area contributed by atoms with Crippen molar-refractivity contribution < 1.29 is 14.3 Å². The molecule has 2 rings (SSSR count). The topological polar surface area (TPSA) is 67.8 Å². The minimum absolute atomic E-state index is 0.273. The van der Waals surface area contributed by atoms with Crippen molar-refractivity contribution in [1.29, 1.82) is 0 Å². The van der Waals surface area contributed by atoms with Crippen molar-refractivity contribution in [3.8, 4) is 0 Å². The first-order valence-corrected chi connectivity index (χ1v) is 7.72. The maximum atomic E-state index is 11.8. The van der Waals surface area contributed by atoms with Crippen LogP contribution in [-0.4, -0.2) is 24.2 Å². The molecule has 5 heteroatoms. The summed E-state index contributed by atoms with van der Waals surface area (Å²) in [5.74, 6) is -1.17. The first-order chi connectivity index (χ1) is 11.6. The largest absolute Gasteiger partial charge is 0.455 e. The van der Waals surface area contributed by atoms with Gasteiger partial charge in [0.2, 0.25) is 0 Å². The summed E-state index contributed by atoms with van der Waals surface area (Å²) < 4.78 is 4.89. The van der Waals surface area contributed by atoms with E-state index in [4.69, 9.17) is 4.74 Å². The third-order valence-electron chi connectivity index (χ3n) is 3.20. The fourth-order valence-electron chi connectivity index (χ4n) is 1.94. The maximum absolute atomic E-state index is 11.8. The maximum Gasteiger partial charge on any atom is 0.308 e. The number of carbonyl (C=O) groups excluding carboxylic acids is 2. The highest BCUT2D eigenvalue weighted by Crippen LogP contribution is 2.10. The highest BCUT2D eigenvalue weighted by atomic mass is 16.5. The van der Waals surface area contributed by atoms with Gasteiger partial charge < -0.3 is 4.74 Å². The minimum atomic E-state index is -0.478.